The van der Waals surface area contributed by atoms with Crippen molar-refractivity contribution in [1.82, 2.24) is 14.7 Å². The van der Waals surface area contributed by atoms with Crippen molar-refractivity contribution in [3.8, 4) is 5.75 Å². The van der Waals surface area contributed by atoms with Crippen LogP contribution in [0.2, 0.25) is 0 Å². The molecule has 18 heavy (non-hydrogen) atoms. The Morgan fingerprint density at radius 3 is 2.72 bits per heavy atom. The quantitative estimate of drug-likeness (QED) is 0.757. The summed E-state index contributed by atoms with van der Waals surface area (Å²) in [5, 5.41) is 0.0437. The fourth-order valence-corrected chi connectivity index (χ4v) is 2.24. The van der Waals surface area contributed by atoms with Gasteiger partial charge in [-0.25, -0.2) is 18.1 Å². The third-order valence-electron chi connectivity index (χ3n) is 2.17. The van der Waals surface area contributed by atoms with Gasteiger partial charge in [0, 0.05) is 6.54 Å². The van der Waals surface area contributed by atoms with E-state index < -0.39 is 10.0 Å². The van der Waals surface area contributed by atoms with Gasteiger partial charge in [0.15, 0.2) is 5.03 Å². The Hall–Kier alpha value is -1.86. The largest absolute Gasteiger partial charge is 0.492 e. The second kappa shape index (κ2) is 5.65. The molecule has 0 fully saturated rings. The molecule has 0 unspecified atom stereocenters. The van der Waals surface area contributed by atoms with Crippen LogP contribution in [0.3, 0.4) is 0 Å². The van der Waals surface area contributed by atoms with Crippen molar-refractivity contribution < 1.29 is 13.2 Å². The standard InChI is InChI=1S/C11H13N3O3S/c15-18(16,11-8-12-9-13-11)14-6-7-17-10-4-2-1-3-5-10/h1-5,8-9,14H,6-7H2,(H,12,13). The zero-order valence-corrected chi connectivity index (χ0v) is 10.4. The second-order valence-electron chi connectivity index (χ2n) is 3.48. The summed E-state index contributed by atoms with van der Waals surface area (Å²) in [5.74, 6) is 0.707. The predicted molar refractivity (Wildman–Crippen MR) is 65.7 cm³/mol. The molecule has 1 heterocycles. The first-order chi connectivity index (χ1) is 8.68. The zero-order valence-electron chi connectivity index (χ0n) is 9.54. The molecule has 0 amide bonds. The van der Waals surface area contributed by atoms with Crippen LogP contribution in [0.4, 0.5) is 0 Å². The van der Waals surface area contributed by atoms with E-state index in [1.807, 2.05) is 30.3 Å². The molecule has 0 saturated heterocycles. The number of benzene rings is 1. The average Bonchev–Trinajstić information content (AvgIpc) is 2.91. The van der Waals surface area contributed by atoms with Gasteiger partial charge in [-0.2, -0.15) is 0 Å². The molecule has 0 bridgehead atoms. The first kappa shape index (κ1) is 12.6. The normalized spacial score (nSPS) is 11.3. The van der Waals surface area contributed by atoms with E-state index >= 15 is 0 Å². The van der Waals surface area contributed by atoms with E-state index in [1.165, 1.54) is 12.5 Å². The van der Waals surface area contributed by atoms with Crippen LogP contribution in [0.5, 0.6) is 5.75 Å². The van der Waals surface area contributed by atoms with Gasteiger partial charge >= 0.3 is 0 Å². The van der Waals surface area contributed by atoms with E-state index in [9.17, 15) is 8.42 Å². The van der Waals surface area contributed by atoms with Crippen LogP contribution < -0.4 is 9.46 Å². The fourth-order valence-electron chi connectivity index (χ4n) is 1.33. The highest BCUT2D eigenvalue weighted by molar-refractivity contribution is 7.89. The number of hydrogen-bond donors (Lipinski definition) is 2. The maximum atomic E-state index is 11.7. The number of para-hydroxylation sites is 1. The molecule has 0 spiro atoms. The van der Waals surface area contributed by atoms with Crippen molar-refractivity contribution in [2.45, 2.75) is 5.03 Å². The Bertz CT molecular complexity index is 567. The molecule has 2 rings (SSSR count). The maximum Gasteiger partial charge on any atom is 0.257 e. The number of ether oxygens (including phenoxy) is 1. The summed E-state index contributed by atoms with van der Waals surface area (Å²) in [7, 11) is -3.52. The third-order valence-corrected chi connectivity index (χ3v) is 3.56. The molecule has 0 aliphatic heterocycles. The van der Waals surface area contributed by atoms with Crippen LogP contribution in [0.1, 0.15) is 0 Å². The number of aromatic amines is 1. The third kappa shape index (κ3) is 3.31. The van der Waals surface area contributed by atoms with Crippen molar-refractivity contribution in [3.05, 3.63) is 42.9 Å². The second-order valence-corrected chi connectivity index (χ2v) is 5.21. The van der Waals surface area contributed by atoms with Crippen molar-refractivity contribution in [2.24, 2.45) is 0 Å². The maximum absolute atomic E-state index is 11.7. The summed E-state index contributed by atoms with van der Waals surface area (Å²) in [6, 6.07) is 9.20. The number of hydrogen-bond acceptors (Lipinski definition) is 4. The summed E-state index contributed by atoms with van der Waals surface area (Å²) in [4.78, 5) is 6.19. The van der Waals surface area contributed by atoms with Gasteiger partial charge in [-0.05, 0) is 12.1 Å². The fraction of sp³-hybridized carbons (Fsp3) is 0.182. The molecular formula is C11H13N3O3S. The van der Waals surface area contributed by atoms with E-state index in [4.69, 9.17) is 4.74 Å². The van der Waals surface area contributed by atoms with Gasteiger partial charge in [-0.1, -0.05) is 18.2 Å². The molecule has 0 atom stereocenters. The minimum atomic E-state index is -3.52. The van der Waals surface area contributed by atoms with Crippen LogP contribution in [-0.2, 0) is 10.0 Å². The van der Waals surface area contributed by atoms with Gasteiger partial charge in [-0.3, -0.25) is 0 Å². The van der Waals surface area contributed by atoms with Crippen molar-refractivity contribution in [1.29, 1.82) is 0 Å². The first-order valence-corrected chi connectivity index (χ1v) is 6.83. The van der Waals surface area contributed by atoms with Gasteiger partial charge < -0.3 is 9.72 Å². The average molecular weight is 267 g/mol. The molecule has 0 aliphatic rings. The molecule has 1 aromatic heterocycles. The van der Waals surface area contributed by atoms with E-state index in [0.717, 1.165) is 0 Å². The Balaban J connectivity index is 1.79. The minimum Gasteiger partial charge on any atom is -0.492 e. The zero-order chi connectivity index (χ0) is 12.8. The predicted octanol–water partition coefficient (Wildman–Crippen LogP) is 0.767. The molecular weight excluding hydrogens is 254 g/mol. The molecule has 1 aromatic carbocycles. The number of H-pyrrole nitrogens is 1. The minimum absolute atomic E-state index is 0.0437. The smallest absolute Gasteiger partial charge is 0.257 e. The Labute approximate surface area is 105 Å². The van der Waals surface area contributed by atoms with Crippen molar-refractivity contribution >= 4 is 10.0 Å². The lowest BCUT2D eigenvalue weighted by Crippen LogP contribution is -2.28. The highest BCUT2D eigenvalue weighted by Gasteiger charge is 2.14. The Kier molecular flexibility index (Phi) is 3.96. The number of nitrogens with zero attached hydrogens (tertiary/aromatic N) is 1. The monoisotopic (exact) mass is 267 g/mol. The number of aromatic nitrogens is 2. The van der Waals surface area contributed by atoms with Crippen molar-refractivity contribution in [2.75, 3.05) is 13.2 Å². The van der Waals surface area contributed by atoms with Gasteiger partial charge in [0.1, 0.15) is 12.4 Å². The van der Waals surface area contributed by atoms with E-state index in [0.29, 0.717) is 5.75 Å². The van der Waals surface area contributed by atoms with Crippen LogP contribution in [-0.4, -0.2) is 31.5 Å². The topological polar surface area (TPSA) is 84.1 Å². The van der Waals surface area contributed by atoms with E-state index in [2.05, 4.69) is 14.7 Å². The molecule has 6 nitrogen and oxygen atoms in total. The lowest BCUT2D eigenvalue weighted by molar-refractivity contribution is 0.323. The summed E-state index contributed by atoms with van der Waals surface area (Å²) in [6.45, 7) is 0.452. The molecule has 0 aliphatic carbocycles. The molecule has 96 valence electrons. The summed E-state index contributed by atoms with van der Waals surface area (Å²) in [6.07, 6.45) is 2.56. The van der Waals surface area contributed by atoms with Crippen LogP contribution in [0.15, 0.2) is 47.9 Å². The molecule has 2 aromatic rings. The number of imidazole rings is 1. The van der Waals surface area contributed by atoms with E-state index in [-0.39, 0.29) is 18.2 Å². The summed E-state index contributed by atoms with van der Waals surface area (Å²) in [5.41, 5.74) is 0. The first-order valence-electron chi connectivity index (χ1n) is 5.34. The summed E-state index contributed by atoms with van der Waals surface area (Å²) >= 11 is 0. The lowest BCUT2D eigenvalue weighted by atomic mass is 10.3. The Morgan fingerprint density at radius 1 is 1.28 bits per heavy atom. The van der Waals surface area contributed by atoms with Gasteiger partial charge in [0.05, 0.1) is 12.5 Å². The van der Waals surface area contributed by atoms with Gasteiger partial charge in [0.2, 0.25) is 0 Å². The van der Waals surface area contributed by atoms with Crippen LogP contribution in [0, 0.1) is 0 Å². The molecule has 2 N–H and O–H groups in total. The molecule has 0 radical (unpaired) electrons. The Morgan fingerprint density at radius 2 is 2.06 bits per heavy atom. The van der Waals surface area contributed by atoms with Gasteiger partial charge in [-0.15, -0.1) is 0 Å². The number of rotatable bonds is 6. The van der Waals surface area contributed by atoms with E-state index in [1.54, 1.807) is 0 Å². The summed E-state index contributed by atoms with van der Waals surface area (Å²) < 4.78 is 31.1. The SMILES string of the molecule is O=S(=O)(NCCOc1ccccc1)c1cnc[nH]1. The molecule has 0 saturated carbocycles. The number of nitrogens with one attached hydrogen (secondary N) is 2. The van der Waals surface area contributed by atoms with Crippen LogP contribution in [0.25, 0.3) is 0 Å². The highest BCUT2D eigenvalue weighted by Crippen LogP contribution is 2.07. The molecule has 7 heteroatoms. The highest BCUT2D eigenvalue weighted by atomic mass is 32.2. The van der Waals surface area contributed by atoms with Crippen molar-refractivity contribution in [3.63, 3.8) is 0 Å². The van der Waals surface area contributed by atoms with Crippen LogP contribution >= 0.6 is 0 Å². The number of sulfonamides is 1. The lowest BCUT2D eigenvalue weighted by Gasteiger charge is -2.07. The van der Waals surface area contributed by atoms with Gasteiger partial charge in [0.25, 0.3) is 10.0 Å².